The Hall–Kier alpha value is -3.35. The van der Waals surface area contributed by atoms with Gasteiger partial charge in [-0.1, -0.05) is 0 Å². The Morgan fingerprint density at radius 1 is 1.00 bits per heavy atom. The maximum absolute atomic E-state index is 12.7. The van der Waals surface area contributed by atoms with Crippen molar-refractivity contribution in [2.75, 3.05) is 14.2 Å². The summed E-state index contributed by atoms with van der Waals surface area (Å²) < 4.78 is 15.5. The molecular formula is C17H14O7. The Bertz CT molecular complexity index is 988. The van der Waals surface area contributed by atoms with Gasteiger partial charge in [0.05, 0.1) is 19.8 Å². The van der Waals surface area contributed by atoms with E-state index < -0.39 is 11.2 Å². The Morgan fingerprint density at radius 3 is 2.42 bits per heavy atom. The lowest BCUT2D eigenvalue weighted by Crippen LogP contribution is -2.06. The highest BCUT2D eigenvalue weighted by Crippen LogP contribution is 2.43. The van der Waals surface area contributed by atoms with E-state index in [1.165, 1.54) is 38.7 Å². The number of hydrogen-bond donors (Lipinski definition) is 3. The van der Waals surface area contributed by atoms with Crippen molar-refractivity contribution >= 4 is 11.0 Å². The normalized spacial score (nSPS) is 10.8. The number of aromatic hydroxyl groups is 3. The summed E-state index contributed by atoms with van der Waals surface area (Å²) in [5, 5.41) is 29.5. The third-order valence-corrected chi connectivity index (χ3v) is 3.65. The van der Waals surface area contributed by atoms with Crippen LogP contribution in [0.1, 0.15) is 0 Å². The van der Waals surface area contributed by atoms with Gasteiger partial charge in [0.25, 0.3) is 0 Å². The monoisotopic (exact) mass is 330 g/mol. The molecule has 3 rings (SSSR count). The maximum atomic E-state index is 12.7. The van der Waals surface area contributed by atoms with Crippen molar-refractivity contribution in [3.63, 3.8) is 0 Å². The summed E-state index contributed by atoms with van der Waals surface area (Å²) >= 11 is 0. The first kappa shape index (κ1) is 15.5. The SMILES string of the molecule is COc1ccc(-c2coc3cc(O)cc(O)c3c2=O)c(OC)c1O. The summed E-state index contributed by atoms with van der Waals surface area (Å²) in [4.78, 5) is 12.7. The van der Waals surface area contributed by atoms with Gasteiger partial charge in [-0.3, -0.25) is 4.79 Å². The van der Waals surface area contributed by atoms with Crippen molar-refractivity contribution in [1.82, 2.24) is 0 Å². The number of phenols is 3. The molecule has 0 saturated heterocycles. The summed E-state index contributed by atoms with van der Waals surface area (Å²) in [7, 11) is 2.74. The molecule has 1 aromatic heterocycles. The lowest BCUT2D eigenvalue weighted by Gasteiger charge is -2.13. The molecule has 24 heavy (non-hydrogen) atoms. The molecule has 0 saturated carbocycles. The third kappa shape index (κ3) is 2.26. The summed E-state index contributed by atoms with van der Waals surface area (Å²) in [5.41, 5.74) is -0.133. The fourth-order valence-corrected chi connectivity index (χ4v) is 2.54. The van der Waals surface area contributed by atoms with Crippen molar-refractivity contribution in [1.29, 1.82) is 0 Å². The van der Waals surface area contributed by atoms with Gasteiger partial charge >= 0.3 is 0 Å². The molecule has 3 N–H and O–H groups in total. The van der Waals surface area contributed by atoms with E-state index in [0.29, 0.717) is 0 Å². The van der Waals surface area contributed by atoms with Crippen LogP contribution >= 0.6 is 0 Å². The smallest absolute Gasteiger partial charge is 0.204 e. The molecule has 124 valence electrons. The van der Waals surface area contributed by atoms with Gasteiger partial charge in [0.1, 0.15) is 28.7 Å². The molecule has 7 heteroatoms. The van der Waals surface area contributed by atoms with E-state index in [0.717, 1.165) is 6.07 Å². The number of methoxy groups -OCH3 is 2. The second-order valence-electron chi connectivity index (χ2n) is 5.01. The van der Waals surface area contributed by atoms with Crippen LogP contribution in [-0.4, -0.2) is 29.5 Å². The lowest BCUT2D eigenvalue weighted by atomic mass is 10.0. The van der Waals surface area contributed by atoms with Crippen LogP contribution in [0.2, 0.25) is 0 Å². The predicted octanol–water partition coefficient (Wildman–Crippen LogP) is 2.59. The van der Waals surface area contributed by atoms with Gasteiger partial charge in [0.15, 0.2) is 11.5 Å². The molecule has 7 nitrogen and oxygen atoms in total. The zero-order chi connectivity index (χ0) is 17.4. The molecule has 0 aliphatic carbocycles. The molecule has 1 heterocycles. The van der Waals surface area contributed by atoms with Gasteiger partial charge in [-0.25, -0.2) is 0 Å². The van der Waals surface area contributed by atoms with Gasteiger partial charge < -0.3 is 29.2 Å². The summed E-state index contributed by atoms with van der Waals surface area (Å²) in [6.07, 6.45) is 1.17. The second kappa shape index (κ2) is 5.69. The topological polar surface area (TPSA) is 109 Å². The van der Waals surface area contributed by atoms with Gasteiger partial charge in [-0.05, 0) is 12.1 Å². The predicted molar refractivity (Wildman–Crippen MR) is 86.0 cm³/mol. The Morgan fingerprint density at radius 2 is 1.75 bits per heavy atom. The number of benzene rings is 2. The van der Waals surface area contributed by atoms with Crippen molar-refractivity contribution < 1.29 is 29.2 Å². The van der Waals surface area contributed by atoms with Crippen LogP contribution in [0.15, 0.2) is 39.7 Å². The first-order chi connectivity index (χ1) is 11.5. The molecule has 0 bridgehead atoms. The zero-order valence-electron chi connectivity index (χ0n) is 12.9. The van der Waals surface area contributed by atoms with Crippen molar-refractivity contribution in [2.24, 2.45) is 0 Å². The maximum Gasteiger partial charge on any atom is 0.204 e. The van der Waals surface area contributed by atoms with E-state index in [9.17, 15) is 20.1 Å². The zero-order valence-corrected chi connectivity index (χ0v) is 12.9. The number of fused-ring (bicyclic) bond motifs is 1. The van der Waals surface area contributed by atoms with Crippen LogP contribution in [0.5, 0.6) is 28.7 Å². The fourth-order valence-electron chi connectivity index (χ4n) is 2.54. The molecule has 0 atom stereocenters. The van der Waals surface area contributed by atoms with E-state index in [1.807, 2.05) is 0 Å². The Kier molecular flexibility index (Phi) is 3.69. The van der Waals surface area contributed by atoms with E-state index in [-0.39, 0.29) is 45.1 Å². The molecule has 0 unspecified atom stereocenters. The van der Waals surface area contributed by atoms with Crippen LogP contribution < -0.4 is 14.9 Å². The molecule has 3 aromatic rings. The lowest BCUT2D eigenvalue weighted by molar-refractivity contribution is 0.341. The minimum absolute atomic E-state index is 0.0398. The van der Waals surface area contributed by atoms with E-state index in [4.69, 9.17) is 13.9 Å². The number of hydrogen-bond acceptors (Lipinski definition) is 7. The van der Waals surface area contributed by atoms with Crippen molar-refractivity contribution in [3.8, 4) is 39.9 Å². The van der Waals surface area contributed by atoms with Crippen LogP contribution in [0.3, 0.4) is 0 Å². The first-order valence-electron chi connectivity index (χ1n) is 6.89. The summed E-state index contributed by atoms with van der Waals surface area (Å²) in [5.74, 6) is -0.660. The van der Waals surface area contributed by atoms with Crippen LogP contribution in [-0.2, 0) is 0 Å². The van der Waals surface area contributed by atoms with Gasteiger partial charge in [0, 0.05) is 17.7 Å². The molecule has 0 radical (unpaired) electrons. The van der Waals surface area contributed by atoms with E-state index in [2.05, 4.69) is 0 Å². The first-order valence-corrected chi connectivity index (χ1v) is 6.89. The van der Waals surface area contributed by atoms with Crippen LogP contribution in [0, 0.1) is 0 Å². The highest BCUT2D eigenvalue weighted by atomic mass is 16.5. The van der Waals surface area contributed by atoms with Gasteiger partial charge in [0.2, 0.25) is 11.2 Å². The third-order valence-electron chi connectivity index (χ3n) is 3.65. The molecular weight excluding hydrogens is 316 g/mol. The van der Waals surface area contributed by atoms with Gasteiger partial charge in [-0.2, -0.15) is 0 Å². The quantitative estimate of drug-likeness (QED) is 0.677. The minimum atomic E-state index is -0.531. The highest BCUT2D eigenvalue weighted by Gasteiger charge is 2.20. The average Bonchev–Trinajstić information content (AvgIpc) is 2.54. The minimum Gasteiger partial charge on any atom is -0.508 e. The highest BCUT2D eigenvalue weighted by molar-refractivity contribution is 5.89. The number of phenolic OH excluding ortho intramolecular Hbond substituents is 3. The van der Waals surface area contributed by atoms with Crippen molar-refractivity contribution in [3.05, 3.63) is 40.8 Å². The standard InChI is InChI=1S/C17H14O7/c1-22-12-4-3-9(17(23-2)16(12)21)10-7-24-13-6-8(18)5-11(19)14(13)15(10)20/h3-7,18-19,21H,1-2H3. The van der Waals surface area contributed by atoms with Crippen LogP contribution in [0.25, 0.3) is 22.1 Å². The average molecular weight is 330 g/mol. The van der Waals surface area contributed by atoms with Crippen molar-refractivity contribution in [2.45, 2.75) is 0 Å². The Balaban J connectivity index is 2.34. The Labute approximate surface area is 135 Å². The van der Waals surface area contributed by atoms with E-state index >= 15 is 0 Å². The summed E-state index contributed by atoms with van der Waals surface area (Å²) in [6.45, 7) is 0. The second-order valence-corrected chi connectivity index (χ2v) is 5.01. The molecule has 0 fully saturated rings. The molecule has 0 aliphatic heterocycles. The molecule has 2 aromatic carbocycles. The molecule has 0 amide bonds. The van der Waals surface area contributed by atoms with E-state index in [1.54, 1.807) is 0 Å². The molecule has 0 spiro atoms. The summed E-state index contributed by atoms with van der Waals surface area (Å²) in [6, 6.07) is 5.29. The number of rotatable bonds is 3. The molecule has 0 aliphatic rings. The largest absolute Gasteiger partial charge is 0.508 e. The number of ether oxygens (including phenoxy) is 2. The van der Waals surface area contributed by atoms with Crippen LogP contribution in [0.4, 0.5) is 0 Å². The van der Waals surface area contributed by atoms with Gasteiger partial charge in [-0.15, -0.1) is 0 Å². The fraction of sp³-hybridized carbons (Fsp3) is 0.118.